The number of hydrogen-bond acceptors (Lipinski definition) is 7. The predicted molar refractivity (Wildman–Crippen MR) is 74.6 cm³/mol. The molecule has 0 bridgehead atoms. The predicted octanol–water partition coefficient (Wildman–Crippen LogP) is 0.716. The molecule has 20 heavy (non-hydrogen) atoms. The van der Waals surface area contributed by atoms with Crippen LogP contribution in [0.4, 0.5) is 6.01 Å². The van der Waals surface area contributed by atoms with Gasteiger partial charge in [-0.05, 0) is 27.3 Å². The van der Waals surface area contributed by atoms with Gasteiger partial charge in [0.2, 0.25) is 5.89 Å². The maximum atomic E-state index is 9.32. The Morgan fingerprint density at radius 1 is 1.50 bits per heavy atom. The molecule has 1 fully saturated rings. The van der Waals surface area contributed by atoms with E-state index in [1.54, 1.807) is 0 Å². The van der Waals surface area contributed by atoms with Crippen molar-refractivity contribution in [2.75, 3.05) is 31.1 Å². The quantitative estimate of drug-likeness (QED) is 0.824. The molecule has 2 N–H and O–H groups in total. The Balaban J connectivity index is 2.10. The van der Waals surface area contributed by atoms with Gasteiger partial charge in [-0.15, -0.1) is 5.10 Å². The largest absolute Gasteiger partial charge is 0.406 e. The lowest BCUT2D eigenvalue weighted by Crippen LogP contribution is -2.54. The van der Waals surface area contributed by atoms with Crippen LogP contribution in [0.5, 0.6) is 0 Å². The molecular weight excluding hydrogens is 260 g/mol. The zero-order valence-electron chi connectivity index (χ0n) is 12.6. The Kier molecular flexibility index (Phi) is 4.62. The van der Waals surface area contributed by atoms with Crippen LogP contribution < -0.4 is 10.2 Å². The van der Waals surface area contributed by atoms with Gasteiger partial charge in [-0.2, -0.15) is 0 Å². The van der Waals surface area contributed by atoms with Gasteiger partial charge in [0, 0.05) is 0 Å². The van der Waals surface area contributed by atoms with Gasteiger partial charge in [0.25, 0.3) is 0 Å². The lowest BCUT2D eigenvalue weighted by Gasteiger charge is -2.41. The highest BCUT2D eigenvalue weighted by molar-refractivity contribution is 5.27. The zero-order valence-corrected chi connectivity index (χ0v) is 12.6. The third-order valence-electron chi connectivity index (χ3n) is 3.27. The third-order valence-corrected chi connectivity index (χ3v) is 3.27. The first-order valence-corrected chi connectivity index (χ1v) is 7.05. The molecule has 1 aliphatic heterocycles. The van der Waals surface area contributed by atoms with E-state index in [2.05, 4.69) is 15.5 Å². The second kappa shape index (κ2) is 6.07. The second-order valence-electron chi connectivity index (χ2n) is 5.76. The highest BCUT2D eigenvalue weighted by Crippen LogP contribution is 2.26. The second-order valence-corrected chi connectivity index (χ2v) is 5.76. The van der Waals surface area contributed by atoms with Gasteiger partial charge >= 0.3 is 6.01 Å². The molecule has 0 amide bonds. The van der Waals surface area contributed by atoms with Crippen LogP contribution >= 0.6 is 0 Å². The van der Waals surface area contributed by atoms with Crippen LogP contribution in [-0.4, -0.2) is 53.3 Å². The molecule has 0 spiro atoms. The molecule has 0 aromatic carbocycles. The average molecular weight is 284 g/mol. The monoisotopic (exact) mass is 284 g/mol. The number of aliphatic hydroxyl groups excluding tert-OH is 1. The van der Waals surface area contributed by atoms with Crippen LogP contribution in [-0.2, 0) is 4.74 Å². The Labute approximate surface area is 119 Å². The maximum absolute atomic E-state index is 9.32. The molecule has 0 saturated carbocycles. The standard InChI is InChI=1S/C13H24N4O3/c1-5-14-9(2)11-15-16-12(19-11)17-6-10(7-18)20-13(3,4)8-17/h9-10,14,18H,5-8H2,1-4H3. The smallest absolute Gasteiger partial charge is 0.318 e. The van der Waals surface area contributed by atoms with Crippen molar-refractivity contribution in [1.82, 2.24) is 15.5 Å². The molecule has 2 rings (SSSR count). The molecule has 1 aliphatic rings. The molecular formula is C13H24N4O3. The fourth-order valence-corrected chi connectivity index (χ4v) is 2.46. The number of nitrogens with zero attached hydrogens (tertiary/aromatic N) is 3. The number of anilines is 1. The minimum Gasteiger partial charge on any atom is -0.406 e. The number of aromatic nitrogens is 2. The number of ether oxygens (including phenoxy) is 1. The SMILES string of the molecule is CCNC(C)c1nnc(N2CC(CO)OC(C)(C)C2)o1. The van der Waals surface area contributed by atoms with E-state index in [1.807, 2.05) is 32.6 Å². The van der Waals surface area contributed by atoms with Crippen LogP contribution in [0.2, 0.25) is 0 Å². The molecule has 2 heterocycles. The van der Waals surface area contributed by atoms with E-state index in [0.717, 1.165) is 6.54 Å². The van der Waals surface area contributed by atoms with Crippen molar-refractivity contribution >= 4 is 6.01 Å². The summed E-state index contributed by atoms with van der Waals surface area (Å²) in [6.45, 7) is 10.0. The van der Waals surface area contributed by atoms with E-state index < -0.39 is 0 Å². The molecule has 1 aromatic rings. The van der Waals surface area contributed by atoms with E-state index in [-0.39, 0.29) is 24.4 Å². The summed E-state index contributed by atoms with van der Waals surface area (Å²) in [5.74, 6) is 0.576. The topological polar surface area (TPSA) is 83.7 Å². The lowest BCUT2D eigenvalue weighted by molar-refractivity contribution is -0.102. The van der Waals surface area contributed by atoms with Gasteiger partial charge in [0.15, 0.2) is 0 Å². The van der Waals surface area contributed by atoms with E-state index in [4.69, 9.17) is 9.15 Å². The number of rotatable bonds is 5. The number of hydrogen-bond donors (Lipinski definition) is 2. The molecule has 0 radical (unpaired) electrons. The van der Waals surface area contributed by atoms with Gasteiger partial charge in [0.05, 0.1) is 37.4 Å². The highest BCUT2D eigenvalue weighted by Gasteiger charge is 2.35. The first-order chi connectivity index (χ1) is 9.45. The fourth-order valence-electron chi connectivity index (χ4n) is 2.46. The van der Waals surface area contributed by atoms with E-state index in [1.165, 1.54) is 0 Å². The van der Waals surface area contributed by atoms with E-state index in [0.29, 0.717) is 25.0 Å². The molecule has 0 aliphatic carbocycles. The Morgan fingerprint density at radius 2 is 2.25 bits per heavy atom. The van der Waals surface area contributed by atoms with Crippen LogP contribution in [0.3, 0.4) is 0 Å². The molecule has 7 heteroatoms. The molecule has 1 saturated heterocycles. The summed E-state index contributed by atoms with van der Waals surface area (Å²) in [7, 11) is 0. The van der Waals surface area contributed by atoms with Gasteiger partial charge in [-0.3, -0.25) is 0 Å². The Morgan fingerprint density at radius 3 is 2.90 bits per heavy atom. The molecule has 7 nitrogen and oxygen atoms in total. The van der Waals surface area contributed by atoms with Gasteiger partial charge in [-0.25, -0.2) is 0 Å². The average Bonchev–Trinajstić information content (AvgIpc) is 2.86. The Hall–Kier alpha value is -1.18. The van der Waals surface area contributed by atoms with Crippen molar-refractivity contribution in [3.63, 3.8) is 0 Å². The van der Waals surface area contributed by atoms with Crippen molar-refractivity contribution in [3.05, 3.63) is 5.89 Å². The summed E-state index contributed by atoms with van der Waals surface area (Å²) >= 11 is 0. The summed E-state index contributed by atoms with van der Waals surface area (Å²) in [6, 6.07) is 0.517. The molecule has 2 atom stereocenters. The Bertz CT molecular complexity index is 435. The lowest BCUT2D eigenvalue weighted by atomic mass is 10.1. The van der Waals surface area contributed by atoms with Crippen molar-refractivity contribution in [1.29, 1.82) is 0 Å². The summed E-state index contributed by atoms with van der Waals surface area (Å²) in [5.41, 5.74) is -0.354. The minimum atomic E-state index is -0.354. The highest BCUT2D eigenvalue weighted by atomic mass is 16.5. The van der Waals surface area contributed by atoms with Crippen molar-refractivity contribution in [2.45, 2.75) is 45.4 Å². The van der Waals surface area contributed by atoms with Gasteiger partial charge < -0.3 is 24.5 Å². The van der Waals surface area contributed by atoms with Crippen LogP contribution in [0.1, 0.15) is 39.6 Å². The molecule has 1 aromatic heterocycles. The van der Waals surface area contributed by atoms with Crippen molar-refractivity contribution in [3.8, 4) is 0 Å². The zero-order chi connectivity index (χ0) is 14.8. The fraction of sp³-hybridized carbons (Fsp3) is 0.846. The van der Waals surface area contributed by atoms with Crippen molar-refractivity contribution < 1.29 is 14.3 Å². The summed E-state index contributed by atoms with van der Waals surface area (Å²) in [4.78, 5) is 1.97. The first kappa shape index (κ1) is 15.2. The molecule has 2 unspecified atom stereocenters. The summed E-state index contributed by atoms with van der Waals surface area (Å²) < 4.78 is 11.5. The molecule has 114 valence electrons. The minimum absolute atomic E-state index is 0.0191. The van der Waals surface area contributed by atoms with Crippen molar-refractivity contribution in [2.24, 2.45) is 0 Å². The van der Waals surface area contributed by atoms with E-state index in [9.17, 15) is 5.11 Å². The van der Waals surface area contributed by atoms with Crippen LogP contribution in [0.15, 0.2) is 4.42 Å². The van der Waals surface area contributed by atoms with E-state index >= 15 is 0 Å². The maximum Gasteiger partial charge on any atom is 0.318 e. The van der Waals surface area contributed by atoms with Gasteiger partial charge in [-0.1, -0.05) is 12.0 Å². The number of aliphatic hydroxyl groups is 1. The van der Waals surface area contributed by atoms with Gasteiger partial charge in [0.1, 0.15) is 0 Å². The number of nitrogens with one attached hydrogen (secondary N) is 1. The third kappa shape index (κ3) is 3.47. The summed E-state index contributed by atoms with van der Waals surface area (Å²) in [5, 5.41) is 20.8. The first-order valence-electron chi connectivity index (χ1n) is 7.05. The number of morpholine rings is 1. The normalized spacial score (nSPS) is 23.9. The van der Waals surface area contributed by atoms with Crippen LogP contribution in [0.25, 0.3) is 0 Å². The van der Waals surface area contributed by atoms with Crippen LogP contribution in [0, 0.1) is 0 Å². The summed E-state index contributed by atoms with van der Waals surface area (Å²) in [6.07, 6.45) is -0.236.